The molecule has 3 atom stereocenters. The van der Waals surface area contributed by atoms with E-state index in [1.807, 2.05) is 38.2 Å². The van der Waals surface area contributed by atoms with E-state index >= 15 is 0 Å². The number of likely N-dealkylation sites (N-methyl/N-ethyl adjacent to an activating group) is 1. The summed E-state index contributed by atoms with van der Waals surface area (Å²) < 4.78 is 16.8. The van der Waals surface area contributed by atoms with Crippen LogP contribution in [0.1, 0.15) is 13.3 Å². The molecule has 1 aliphatic carbocycles. The zero-order valence-electron chi connectivity index (χ0n) is 11.2. The van der Waals surface area contributed by atoms with Crippen molar-refractivity contribution in [2.45, 2.75) is 31.6 Å². The van der Waals surface area contributed by atoms with Gasteiger partial charge in [-0.1, -0.05) is 6.07 Å². The average molecular weight is 251 g/mol. The van der Waals surface area contributed by atoms with E-state index in [1.54, 1.807) is 7.11 Å². The van der Waals surface area contributed by atoms with Crippen LogP contribution in [0.5, 0.6) is 11.5 Å². The maximum Gasteiger partial charge on any atom is 0.128 e. The van der Waals surface area contributed by atoms with Crippen LogP contribution >= 0.6 is 0 Å². The maximum absolute atomic E-state index is 5.93. The molecule has 0 bridgehead atoms. The van der Waals surface area contributed by atoms with E-state index in [9.17, 15) is 0 Å². The van der Waals surface area contributed by atoms with Crippen LogP contribution in [0.3, 0.4) is 0 Å². The summed E-state index contributed by atoms with van der Waals surface area (Å²) in [4.78, 5) is 0. The Bertz CT molecular complexity index is 383. The predicted octanol–water partition coefficient (Wildman–Crippen LogP) is 1.84. The molecule has 4 heteroatoms. The molecule has 3 unspecified atom stereocenters. The van der Waals surface area contributed by atoms with Gasteiger partial charge in [0.1, 0.15) is 23.7 Å². The highest BCUT2D eigenvalue weighted by Gasteiger charge is 2.42. The third-order valence-electron chi connectivity index (χ3n) is 3.30. The van der Waals surface area contributed by atoms with Crippen molar-refractivity contribution in [3.05, 3.63) is 24.3 Å². The van der Waals surface area contributed by atoms with Gasteiger partial charge in [0.15, 0.2) is 0 Å². The van der Waals surface area contributed by atoms with Crippen LogP contribution in [-0.2, 0) is 4.74 Å². The average Bonchev–Trinajstić information content (AvgIpc) is 2.35. The maximum atomic E-state index is 5.93. The number of rotatable bonds is 6. The Morgan fingerprint density at radius 3 is 2.78 bits per heavy atom. The molecular formula is C14H21NO3. The fraction of sp³-hybridized carbons (Fsp3) is 0.571. The lowest BCUT2D eigenvalue weighted by atomic mass is 9.85. The lowest BCUT2D eigenvalue weighted by Gasteiger charge is -2.42. The smallest absolute Gasteiger partial charge is 0.128 e. The lowest BCUT2D eigenvalue weighted by Crippen LogP contribution is -2.60. The van der Waals surface area contributed by atoms with Crippen molar-refractivity contribution in [2.24, 2.45) is 0 Å². The van der Waals surface area contributed by atoms with Gasteiger partial charge in [-0.15, -0.1) is 0 Å². The van der Waals surface area contributed by atoms with Crippen molar-refractivity contribution in [1.82, 2.24) is 5.32 Å². The van der Waals surface area contributed by atoms with Crippen LogP contribution in [0, 0.1) is 0 Å². The van der Waals surface area contributed by atoms with Crippen molar-refractivity contribution in [3.8, 4) is 11.5 Å². The molecule has 18 heavy (non-hydrogen) atoms. The molecule has 0 amide bonds. The molecule has 1 fully saturated rings. The highest BCUT2D eigenvalue weighted by Crippen LogP contribution is 2.29. The van der Waals surface area contributed by atoms with Crippen LogP contribution in [0.4, 0.5) is 0 Å². The number of nitrogens with one attached hydrogen (secondary N) is 1. The molecule has 0 radical (unpaired) electrons. The Morgan fingerprint density at radius 2 is 2.11 bits per heavy atom. The molecular weight excluding hydrogens is 230 g/mol. The second kappa shape index (κ2) is 6.07. The highest BCUT2D eigenvalue weighted by molar-refractivity contribution is 5.33. The molecule has 0 aliphatic heterocycles. The molecule has 1 aliphatic rings. The van der Waals surface area contributed by atoms with Crippen LogP contribution in [-0.4, -0.2) is 39.0 Å². The van der Waals surface area contributed by atoms with Crippen molar-refractivity contribution >= 4 is 0 Å². The van der Waals surface area contributed by atoms with E-state index in [0.29, 0.717) is 12.6 Å². The van der Waals surface area contributed by atoms with Crippen LogP contribution in [0.15, 0.2) is 24.3 Å². The van der Waals surface area contributed by atoms with E-state index in [0.717, 1.165) is 17.9 Å². The molecule has 1 N–H and O–H groups in total. The number of methoxy groups -OCH3 is 1. The molecule has 2 rings (SSSR count). The third kappa shape index (κ3) is 2.76. The summed E-state index contributed by atoms with van der Waals surface area (Å²) in [7, 11) is 3.67. The molecule has 100 valence electrons. The number of hydrogen-bond acceptors (Lipinski definition) is 4. The first kappa shape index (κ1) is 13.2. The van der Waals surface area contributed by atoms with Gasteiger partial charge in [-0.25, -0.2) is 0 Å². The van der Waals surface area contributed by atoms with E-state index in [4.69, 9.17) is 14.2 Å². The largest absolute Gasteiger partial charge is 0.494 e. The summed E-state index contributed by atoms with van der Waals surface area (Å²) in [5.74, 6) is 1.68. The van der Waals surface area contributed by atoms with Crippen molar-refractivity contribution in [1.29, 1.82) is 0 Å². The molecule has 1 aromatic rings. The fourth-order valence-electron chi connectivity index (χ4n) is 2.27. The van der Waals surface area contributed by atoms with Crippen molar-refractivity contribution in [3.63, 3.8) is 0 Å². The predicted molar refractivity (Wildman–Crippen MR) is 70.3 cm³/mol. The molecule has 0 aromatic heterocycles. The van der Waals surface area contributed by atoms with Gasteiger partial charge < -0.3 is 19.5 Å². The molecule has 4 nitrogen and oxygen atoms in total. The number of hydrogen-bond donors (Lipinski definition) is 1. The molecule has 0 heterocycles. The Hall–Kier alpha value is -1.26. The van der Waals surface area contributed by atoms with Gasteiger partial charge in [-0.05, 0) is 26.1 Å². The summed E-state index contributed by atoms with van der Waals surface area (Å²) in [6.07, 6.45) is 1.20. The fourth-order valence-corrected chi connectivity index (χ4v) is 2.27. The van der Waals surface area contributed by atoms with E-state index < -0.39 is 0 Å². The summed E-state index contributed by atoms with van der Waals surface area (Å²) >= 11 is 0. The number of benzene rings is 1. The zero-order chi connectivity index (χ0) is 13.0. The topological polar surface area (TPSA) is 39.7 Å². The van der Waals surface area contributed by atoms with Gasteiger partial charge in [-0.3, -0.25) is 0 Å². The first-order chi connectivity index (χ1) is 8.78. The van der Waals surface area contributed by atoms with Gasteiger partial charge in [0, 0.05) is 25.6 Å². The van der Waals surface area contributed by atoms with Gasteiger partial charge >= 0.3 is 0 Å². The first-order valence-corrected chi connectivity index (χ1v) is 6.38. The van der Waals surface area contributed by atoms with E-state index in [1.165, 1.54) is 0 Å². The molecule has 0 saturated heterocycles. The summed E-state index contributed by atoms with van der Waals surface area (Å²) in [5, 5.41) is 3.22. The van der Waals surface area contributed by atoms with Crippen molar-refractivity contribution < 1.29 is 14.2 Å². The summed E-state index contributed by atoms with van der Waals surface area (Å²) in [6.45, 7) is 2.63. The Kier molecular flexibility index (Phi) is 4.44. The monoisotopic (exact) mass is 251 g/mol. The standard InChI is InChI=1S/C14H21NO3/c1-4-17-10-6-5-7-11(8-10)18-13-9-12(15-2)14(13)16-3/h5-8,12-15H,4,9H2,1-3H3. The summed E-state index contributed by atoms with van der Waals surface area (Å²) in [5.41, 5.74) is 0. The minimum absolute atomic E-state index is 0.115. The molecule has 0 spiro atoms. The zero-order valence-corrected chi connectivity index (χ0v) is 11.2. The Labute approximate surface area is 108 Å². The minimum atomic E-state index is 0.115. The minimum Gasteiger partial charge on any atom is -0.494 e. The molecule has 1 aromatic carbocycles. The Morgan fingerprint density at radius 1 is 1.33 bits per heavy atom. The SMILES string of the molecule is CCOc1cccc(OC2CC(NC)C2OC)c1. The van der Waals surface area contributed by atoms with E-state index in [-0.39, 0.29) is 12.2 Å². The van der Waals surface area contributed by atoms with Crippen LogP contribution in [0.25, 0.3) is 0 Å². The van der Waals surface area contributed by atoms with Gasteiger partial charge in [0.2, 0.25) is 0 Å². The van der Waals surface area contributed by atoms with Crippen LogP contribution in [0.2, 0.25) is 0 Å². The van der Waals surface area contributed by atoms with Crippen LogP contribution < -0.4 is 14.8 Å². The lowest BCUT2D eigenvalue weighted by molar-refractivity contribution is -0.0870. The quantitative estimate of drug-likeness (QED) is 0.837. The number of ether oxygens (including phenoxy) is 3. The normalized spacial score (nSPS) is 26.5. The van der Waals surface area contributed by atoms with E-state index in [2.05, 4.69) is 5.32 Å². The molecule has 1 saturated carbocycles. The first-order valence-electron chi connectivity index (χ1n) is 6.38. The summed E-state index contributed by atoms with van der Waals surface area (Å²) in [6, 6.07) is 8.12. The van der Waals surface area contributed by atoms with Gasteiger partial charge in [0.25, 0.3) is 0 Å². The second-order valence-electron chi connectivity index (χ2n) is 4.40. The Balaban J connectivity index is 1.95. The second-order valence-corrected chi connectivity index (χ2v) is 4.40. The van der Waals surface area contributed by atoms with Crippen molar-refractivity contribution in [2.75, 3.05) is 20.8 Å². The highest BCUT2D eigenvalue weighted by atomic mass is 16.5. The van der Waals surface area contributed by atoms with Gasteiger partial charge in [0.05, 0.1) is 6.61 Å². The van der Waals surface area contributed by atoms with Gasteiger partial charge in [-0.2, -0.15) is 0 Å². The third-order valence-corrected chi connectivity index (χ3v) is 3.30.